The van der Waals surface area contributed by atoms with Crippen LogP contribution in [0.3, 0.4) is 0 Å². The molecule has 21 heavy (non-hydrogen) atoms. The first-order chi connectivity index (χ1) is 10.2. The Morgan fingerprint density at radius 3 is 2.81 bits per heavy atom. The zero-order chi connectivity index (χ0) is 14.8. The highest BCUT2D eigenvalue weighted by molar-refractivity contribution is 5.80. The quantitative estimate of drug-likeness (QED) is 0.799. The summed E-state index contributed by atoms with van der Waals surface area (Å²) in [5, 5.41) is 4.18. The second-order valence-corrected chi connectivity index (χ2v) is 4.94. The molecule has 0 saturated heterocycles. The van der Waals surface area contributed by atoms with E-state index in [0.717, 1.165) is 29.2 Å². The molecule has 1 N–H and O–H groups in total. The normalized spacial score (nSPS) is 11.2. The number of aromatic nitrogens is 2. The highest BCUT2D eigenvalue weighted by atomic mass is 19.2. The average molecular weight is 287 g/mol. The molecule has 3 aromatic rings. The van der Waals surface area contributed by atoms with Crippen LogP contribution in [0.5, 0.6) is 0 Å². The van der Waals surface area contributed by atoms with E-state index in [9.17, 15) is 8.78 Å². The van der Waals surface area contributed by atoms with Gasteiger partial charge in [0.15, 0.2) is 11.6 Å². The van der Waals surface area contributed by atoms with Crippen molar-refractivity contribution in [2.45, 2.75) is 13.1 Å². The van der Waals surface area contributed by atoms with Crippen molar-refractivity contribution in [3.05, 3.63) is 65.5 Å². The number of hydrogen-bond acceptors (Lipinski definition) is 2. The molecule has 108 valence electrons. The van der Waals surface area contributed by atoms with E-state index in [4.69, 9.17) is 0 Å². The Morgan fingerprint density at radius 1 is 1.19 bits per heavy atom. The van der Waals surface area contributed by atoms with Crippen LogP contribution in [-0.2, 0) is 13.1 Å². The molecular formula is C16H15F2N3. The van der Waals surface area contributed by atoms with Crippen molar-refractivity contribution >= 4 is 11.0 Å². The molecule has 0 fully saturated rings. The molecule has 3 nitrogen and oxygen atoms in total. The lowest BCUT2D eigenvalue weighted by atomic mass is 10.2. The van der Waals surface area contributed by atoms with Gasteiger partial charge in [0.25, 0.3) is 0 Å². The number of halogens is 2. The van der Waals surface area contributed by atoms with Gasteiger partial charge in [0.05, 0.1) is 0 Å². The topological polar surface area (TPSA) is 29.9 Å². The van der Waals surface area contributed by atoms with Gasteiger partial charge in [0.2, 0.25) is 0 Å². The third-order valence-electron chi connectivity index (χ3n) is 3.42. The van der Waals surface area contributed by atoms with Crippen molar-refractivity contribution in [3.8, 4) is 0 Å². The summed E-state index contributed by atoms with van der Waals surface area (Å²) in [5.74, 6) is -1.66. The number of hydrogen-bond donors (Lipinski definition) is 1. The van der Waals surface area contributed by atoms with Crippen LogP contribution in [0, 0.1) is 11.6 Å². The van der Waals surface area contributed by atoms with Crippen LogP contribution in [-0.4, -0.2) is 16.6 Å². The molecule has 0 radical (unpaired) electrons. The van der Waals surface area contributed by atoms with Gasteiger partial charge >= 0.3 is 0 Å². The first-order valence-corrected chi connectivity index (χ1v) is 6.70. The Kier molecular flexibility index (Phi) is 3.66. The minimum atomic E-state index is -0.829. The van der Waals surface area contributed by atoms with Crippen molar-refractivity contribution in [1.82, 2.24) is 14.9 Å². The highest BCUT2D eigenvalue weighted by Gasteiger charge is 2.10. The summed E-state index contributed by atoms with van der Waals surface area (Å²) < 4.78 is 28.3. The summed E-state index contributed by atoms with van der Waals surface area (Å²) in [6.45, 7) is 1.18. The summed E-state index contributed by atoms with van der Waals surface area (Å²) in [7, 11) is 1.88. The molecule has 0 aliphatic rings. The maximum absolute atomic E-state index is 13.3. The number of nitrogens with zero attached hydrogens (tertiary/aromatic N) is 2. The van der Waals surface area contributed by atoms with E-state index in [1.54, 1.807) is 12.3 Å². The third-order valence-corrected chi connectivity index (χ3v) is 3.42. The van der Waals surface area contributed by atoms with E-state index in [1.807, 2.05) is 29.9 Å². The van der Waals surface area contributed by atoms with Crippen LogP contribution < -0.4 is 5.32 Å². The summed E-state index contributed by atoms with van der Waals surface area (Å²) in [5.41, 5.74) is 2.67. The van der Waals surface area contributed by atoms with Crippen LogP contribution >= 0.6 is 0 Å². The van der Waals surface area contributed by atoms with Gasteiger partial charge in [-0.3, -0.25) is 0 Å². The average Bonchev–Trinajstić information content (AvgIpc) is 2.82. The van der Waals surface area contributed by atoms with Crippen molar-refractivity contribution in [2.24, 2.45) is 0 Å². The fourth-order valence-corrected chi connectivity index (χ4v) is 2.48. The largest absolute Gasteiger partial charge is 0.328 e. The van der Waals surface area contributed by atoms with Gasteiger partial charge < -0.3 is 9.88 Å². The monoisotopic (exact) mass is 287 g/mol. The summed E-state index contributed by atoms with van der Waals surface area (Å²) in [6.07, 6.45) is 3.72. The van der Waals surface area contributed by atoms with Crippen LogP contribution in [0.2, 0.25) is 0 Å². The first-order valence-electron chi connectivity index (χ1n) is 6.70. The van der Waals surface area contributed by atoms with Gasteiger partial charge in [0.1, 0.15) is 5.65 Å². The maximum Gasteiger partial charge on any atom is 0.159 e. The maximum atomic E-state index is 13.3. The zero-order valence-corrected chi connectivity index (χ0v) is 11.6. The van der Waals surface area contributed by atoms with Crippen LogP contribution in [0.4, 0.5) is 8.78 Å². The Hall–Kier alpha value is -2.27. The Labute approximate surface area is 121 Å². The smallest absolute Gasteiger partial charge is 0.159 e. The molecular weight excluding hydrogens is 272 g/mol. The Bertz CT molecular complexity index is 780. The second kappa shape index (κ2) is 5.61. The third kappa shape index (κ3) is 2.64. The van der Waals surface area contributed by atoms with Crippen molar-refractivity contribution in [2.75, 3.05) is 7.05 Å². The molecule has 1 aromatic carbocycles. The standard InChI is InChI=1S/C16H15F2N3/c1-19-8-12-10-21(16-13(12)3-2-6-20-16)9-11-4-5-14(17)15(18)7-11/h2-7,10,19H,8-9H2,1H3. The number of nitrogens with one attached hydrogen (secondary N) is 1. The summed E-state index contributed by atoms with van der Waals surface area (Å²) in [6, 6.07) is 7.87. The number of fused-ring (bicyclic) bond motifs is 1. The minimum Gasteiger partial charge on any atom is -0.328 e. The predicted molar refractivity (Wildman–Crippen MR) is 78.0 cm³/mol. The van der Waals surface area contributed by atoms with Crippen molar-refractivity contribution in [3.63, 3.8) is 0 Å². The lowest BCUT2D eigenvalue weighted by molar-refractivity contribution is 0.506. The van der Waals surface area contributed by atoms with E-state index in [2.05, 4.69) is 10.3 Å². The molecule has 5 heteroatoms. The lowest BCUT2D eigenvalue weighted by Gasteiger charge is -2.05. The fraction of sp³-hybridized carbons (Fsp3) is 0.188. The molecule has 2 heterocycles. The number of rotatable bonds is 4. The Morgan fingerprint density at radius 2 is 2.05 bits per heavy atom. The molecule has 0 spiro atoms. The van der Waals surface area contributed by atoms with Gasteiger partial charge in [0, 0.05) is 30.9 Å². The molecule has 0 aliphatic carbocycles. The van der Waals surface area contributed by atoms with Gasteiger partial charge in [-0.05, 0) is 42.4 Å². The van der Waals surface area contributed by atoms with Gasteiger partial charge in [-0.15, -0.1) is 0 Å². The molecule has 0 unspecified atom stereocenters. The van der Waals surface area contributed by atoms with Crippen molar-refractivity contribution < 1.29 is 8.78 Å². The molecule has 0 atom stereocenters. The van der Waals surface area contributed by atoms with Gasteiger partial charge in [-0.2, -0.15) is 0 Å². The predicted octanol–water partition coefficient (Wildman–Crippen LogP) is 3.08. The van der Waals surface area contributed by atoms with E-state index in [1.165, 1.54) is 6.07 Å². The van der Waals surface area contributed by atoms with Crippen LogP contribution in [0.25, 0.3) is 11.0 Å². The highest BCUT2D eigenvalue weighted by Crippen LogP contribution is 2.21. The molecule has 0 bridgehead atoms. The van der Waals surface area contributed by atoms with E-state index in [-0.39, 0.29) is 0 Å². The summed E-state index contributed by atoms with van der Waals surface area (Å²) in [4.78, 5) is 4.39. The summed E-state index contributed by atoms with van der Waals surface area (Å²) >= 11 is 0. The first kappa shape index (κ1) is 13.7. The Balaban J connectivity index is 2.01. The lowest BCUT2D eigenvalue weighted by Crippen LogP contribution is -2.04. The SMILES string of the molecule is CNCc1cn(Cc2ccc(F)c(F)c2)c2ncccc12. The molecule has 0 saturated carbocycles. The van der Waals surface area contributed by atoms with E-state index >= 15 is 0 Å². The molecule has 0 amide bonds. The molecule has 3 rings (SSSR count). The van der Waals surface area contributed by atoms with E-state index in [0.29, 0.717) is 12.1 Å². The van der Waals surface area contributed by atoms with Gasteiger partial charge in [-0.1, -0.05) is 6.07 Å². The van der Waals surface area contributed by atoms with E-state index < -0.39 is 11.6 Å². The molecule has 2 aromatic heterocycles. The van der Waals surface area contributed by atoms with Crippen LogP contribution in [0.15, 0.2) is 42.7 Å². The van der Waals surface area contributed by atoms with Gasteiger partial charge in [-0.25, -0.2) is 13.8 Å². The zero-order valence-electron chi connectivity index (χ0n) is 11.6. The van der Waals surface area contributed by atoms with Crippen LogP contribution in [0.1, 0.15) is 11.1 Å². The number of benzene rings is 1. The molecule has 0 aliphatic heterocycles. The van der Waals surface area contributed by atoms with Crippen molar-refractivity contribution in [1.29, 1.82) is 0 Å². The minimum absolute atomic E-state index is 0.453. The number of pyridine rings is 1. The second-order valence-electron chi connectivity index (χ2n) is 4.94. The fourth-order valence-electron chi connectivity index (χ4n) is 2.48.